The van der Waals surface area contributed by atoms with E-state index in [0.717, 1.165) is 38.5 Å². The number of rotatable bonds is 59. The molecule has 75 heavy (non-hydrogen) atoms. The van der Waals surface area contributed by atoms with Crippen molar-refractivity contribution in [1.29, 1.82) is 0 Å². The molecule has 452 valence electrons. The molecule has 0 saturated heterocycles. The predicted octanol–water partition coefficient (Wildman–Crippen LogP) is 9.32. The predicted molar refractivity (Wildman–Crippen MR) is 278 cm³/mol. The molecule has 0 aliphatic carbocycles. The SMILES string of the molecule is CCCCCCOCOC(OCOCCCCC)(C(OCCOC)(OCCOCC)OCC(OCCC)OCOC)C(OCOC(C)CC)(OCOC(C)(C)C)C(OCOCC)(OCOCCC)OCOCCCC. The molecular formula is C53H108O22. The smallest absolute Gasteiger partial charge is 0.353 e. The number of methoxy groups -OCH3 is 2. The van der Waals surface area contributed by atoms with Gasteiger partial charge in [-0.05, 0) is 80.1 Å². The van der Waals surface area contributed by atoms with Gasteiger partial charge in [-0.1, -0.05) is 80.1 Å². The second-order valence-corrected chi connectivity index (χ2v) is 18.1. The van der Waals surface area contributed by atoms with Gasteiger partial charge in [-0.2, -0.15) is 0 Å². The summed E-state index contributed by atoms with van der Waals surface area (Å²) in [7, 11) is 3.01. The monoisotopic (exact) mass is 1100 g/mol. The summed E-state index contributed by atoms with van der Waals surface area (Å²) in [5, 5.41) is 0. The molecule has 0 fully saturated rings. The summed E-state index contributed by atoms with van der Waals surface area (Å²) in [5.74, 6) is -11.5. The van der Waals surface area contributed by atoms with E-state index in [1.807, 2.05) is 62.3 Å². The third-order valence-corrected chi connectivity index (χ3v) is 10.7. The molecule has 0 saturated carbocycles. The van der Waals surface area contributed by atoms with Crippen molar-refractivity contribution in [2.75, 3.05) is 148 Å². The lowest BCUT2D eigenvalue weighted by Crippen LogP contribution is -2.83. The fourth-order valence-electron chi connectivity index (χ4n) is 6.44. The maximum absolute atomic E-state index is 7.22. The van der Waals surface area contributed by atoms with Gasteiger partial charge in [0.2, 0.25) is 0 Å². The Morgan fingerprint density at radius 1 is 0.333 bits per heavy atom. The molecule has 6 atom stereocenters. The van der Waals surface area contributed by atoms with Gasteiger partial charge in [0.05, 0.1) is 38.1 Å². The largest absolute Gasteiger partial charge is 0.382 e. The summed E-state index contributed by atoms with van der Waals surface area (Å²) in [6.07, 6.45) is 8.01. The molecule has 0 aliphatic heterocycles. The van der Waals surface area contributed by atoms with Crippen LogP contribution in [0.5, 0.6) is 0 Å². The van der Waals surface area contributed by atoms with E-state index in [0.29, 0.717) is 45.1 Å². The number of hydrogen-bond acceptors (Lipinski definition) is 22. The summed E-state index contributed by atoms with van der Waals surface area (Å²) in [4.78, 5) is 0. The Hall–Kier alpha value is -0.880. The van der Waals surface area contributed by atoms with Gasteiger partial charge in [0, 0.05) is 60.5 Å². The Balaban J connectivity index is 9.80. The Labute approximate surface area is 452 Å². The lowest BCUT2D eigenvalue weighted by atomic mass is 9.97. The first-order chi connectivity index (χ1) is 36.3. The van der Waals surface area contributed by atoms with Crippen molar-refractivity contribution in [3.63, 3.8) is 0 Å². The van der Waals surface area contributed by atoms with Crippen LogP contribution >= 0.6 is 0 Å². The molecule has 0 aromatic rings. The minimum absolute atomic E-state index is 0.0107. The average Bonchev–Trinajstić information content (AvgIpc) is 3.39. The highest BCUT2D eigenvalue weighted by Crippen LogP contribution is 2.53. The van der Waals surface area contributed by atoms with Crippen LogP contribution in [-0.2, 0) is 104 Å². The number of ether oxygens (including phenoxy) is 22. The normalized spacial score (nSPS) is 16.4. The fraction of sp³-hybridized carbons (Fsp3) is 1.00. The maximum Gasteiger partial charge on any atom is 0.353 e. The molecule has 6 unspecified atom stereocenters. The molecule has 0 bridgehead atoms. The van der Waals surface area contributed by atoms with Crippen LogP contribution in [0.1, 0.15) is 160 Å². The van der Waals surface area contributed by atoms with E-state index in [9.17, 15) is 0 Å². The molecule has 0 aliphatic rings. The average molecular weight is 1100 g/mol. The summed E-state index contributed by atoms with van der Waals surface area (Å²) in [5.41, 5.74) is -0.837. The highest BCUT2D eigenvalue weighted by Gasteiger charge is 2.83. The molecule has 0 rings (SSSR count). The molecule has 0 aromatic heterocycles. The highest BCUT2D eigenvalue weighted by molar-refractivity contribution is 5.04. The van der Waals surface area contributed by atoms with Gasteiger partial charge >= 0.3 is 23.5 Å². The zero-order valence-corrected chi connectivity index (χ0v) is 49.3. The zero-order valence-electron chi connectivity index (χ0n) is 49.3. The second kappa shape index (κ2) is 47.9. The topological polar surface area (TPSA) is 203 Å². The molecule has 0 amide bonds. The first kappa shape index (κ1) is 74.1. The molecule has 0 aromatic carbocycles. The minimum atomic E-state index is -2.95. The summed E-state index contributed by atoms with van der Waals surface area (Å²) >= 11 is 0. The molecule has 0 spiro atoms. The van der Waals surface area contributed by atoms with Gasteiger partial charge < -0.3 is 90.0 Å². The standard InChI is InChI=1S/C53H108O22/c1-15-23-26-28-33-61-42-70-50(69-41-60-32-27-24-16-2,52(65-36-34-54-13,66-37-35-56-21-7)67-38-48(62-30-19-5)64-39-55-14)51(71-45-63-47(9)20-6,72-46-68-49(10,11)12)53(73-40-57-22-8,74-43-58-29-18-4)75-44-59-31-25-17-3/h47-48H,15-46H2,1-14H3. The lowest BCUT2D eigenvalue weighted by molar-refractivity contribution is -0.630. The van der Waals surface area contributed by atoms with Crippen molar-refractivity contribution in [1.82, 2.24) is 0 Å². The van der Waals surface area contributed by atoms with Crippen LogP contribution in [0.2, 0.25) is 0 Å². The van der Waals surface area contributed by atoms with E-state index in [4.69, 9.17) is 104 Å². The Morgan fingerprint density at radius 3 is 1.36 bits per heavy atom. The van der Waals surface area contributed by atoms with Crippen LogP contribution in [0, 0.1) is 0 Å². The Morgan fingerprint density at radius 2 is 0.827 bits per heavy atom. The van der Waals surface area contributed by atoms with E-state index < -0.39 is 89.6 Å². The number of hydrogen-bond donors (Lipinski definition) is 0. The van der Waals surface area contributed by atoms with Gasteiger partial charge in [0.15, 0.2) is 53.8 Å². The van der Waals surface area contributed by atoms with Crippen molar-refractivity contribution in [2.24, 2.45) is 0 Å². The van der Waals surface area contributed by atoms with Gasteiger partial charge in [0.1, 0.15) is 13.4 Å². The molecule has 22 nitrogen and oxygen atoms in total. The van der Waals surface area contributed by atoms with Crippen molar-refractivity contribution >= 4 is 0 Å². The molecular weight excluding hydrogens is 989 g/mol. The van der Waals surface area contributed by atoms with Crippen LogP contribution in [0.4, 0.5) is 0 Å². The summed E-state index contributed by atoms with van der Waals surface area (Å²) < 4.78 is 143. The first-order valence-electron chi connectivity index (χ1n) is 27.7. The van der Waals surface area contributed by atoms with Crippen LogP contribution in [-0.4, -0.2) is 189 Å². The Kier molecular flexibility index (Phi) is 47.3. The maximum atomic E-state index is 7.22. The van der Waals surface area contributed by atoms with E-state index >= 15 is 0 Å². The third kappa shape index (κ3) is 30.5. The third-order valence-electron chi connectivity index (χ3n) is 10.7. The summed E-state index contributed by atoms with van der Waals surface area (Å²) in [6, 6.07) is 0. The van der Waals surface area contributed by atoms with Gasteiger partial charge in [-0.25, -0.2) is 0 Å². The van der Waals surface area contributed by atoms with Crippen LogP contribution in [0.3, 0.4) is 0 Å². The molecule has 22 heteroatoms. The molecule has 0 N–H and O–H groups in total. The van der Waals surface area contributed by atoms with E-state index in [1.54, 1.807) is 6.92 Å². The fourth-order valence-corrected chi connectivity index (χ4v) is 6.44. The Bertz CT molecular complexity index is 1220. The van der Waals surface area contributed by atoms with Crippen LogP contribution in [0.25, 0.3) is 0 Å². The highest BCUT2D eigenvalue weighted by atomic mass is 17.0. The van der Waals surface area contributed by atoms with Crippen molar-refractivity contribution in [2.45, 2.75) is 202 Å². The van der Waals surface area contributed by atoms with Gasteiger partial charge in [-0.15, -0.1) is 0 Å². The summed E-state index contributed by atoms with van der Waals surface area (Å²) in [6.45, 7) is 20.2. The van der Waals surface area contributed by atoms with Crippen molar-refractivity contribution in [3.05, 3.63) is 0 Å². The zero-order chi connectivity index (χ0) is 55.8. The molecule has 0 heterocycles. The number of unbranched alkanes of at least 4 members (excludes halogenated alkanes) is 6. The minimum Gasteiger partial charge on any atom is -0.382 e. The van der Waals surface area contributed by atoms with Gasteiger partial charge in [-0.3, -0.25) is 14.2 Å². The second-order valence-electron chi connectivity index (χ2n) is 18.1. The van der Waals surface area contributed by atoms with E-state index in [-0.39, 0.29) is 79.0 Å². The van der Waals surface area contributed by atoms with Gasteiger partial charge in [0.25, 0.3) is 0 Å². The van der Waals surface area contributed by atoms with E-state index in [2.05, 4.69) is 13.8 Å². The van der Waals surface area contributed by atoms with E-state index in [1.165, 1.54) is 14.2 Å². The van der Waals surface area contributed by atoms with Crippen molar-refractivity contribution < 1.29 is 104 Å². The van der Waals surface area contributed by atoms with Crippen molar-refractivity contribution in [3.8, 4) is 0 Å². The quantitative estimate of drug-likeness (QED) is 0.0411. The lowest BCUT2D eigenvalue weighted by Gasteiger charge is -2.58. The first-order valence-corrected chi connectivity index (χ1v) is 27.7. The van der Waals surface area contributed by atoms with Crippen LogP contribution < -0.4 is 0 Å². The molecule has 0 radical (unpaired) electrons. The van der Waals surface area contributed by atoms with Crippen LogP contribution in [0.15, 0.2) is 0 Å².